The third kappa shape index (κ3) is 4.19. The first-order valence-electron chi connectivity index (χ1n) is 6.54. The number of rotatable bonds is 5. The average molecular weight is 373 g/mol. The monoisotopic (exact) mass is 371 g/mol. The van der Waals surface area contributed by atoms with E-state index in [0.717, 1.165) is 21.3 Å². The summed E-state index contributed by atoms with van der Waals surface area (Å²) < 4.78 is 19.9. The van der Waals surface area contributed by atoms with E-state index in [0.29, 0.717) is 11.6 Å². The van der Waals surface area contributed by atoms with Gasteiger partial charge in [-0.05, 0) is 38.2 Å². The minimum atomic E-state index is -0.351. The highest BCUT2D eigenvalue weighted by atomic mass is 79.9. The molecule has 0 saturated carbocycles. The predicted octanol–water partition coefficient (Wildman–Crippen LogP) is 5.10. The lowest BCUT2D eigenvalue weighted by atomic mass is 10.1. The van der Waals surface area contributed by atoms with Gasteiger partial charge in [0.05, 0.1) is 5.02 Å². The summed E-state index contributed by atoms with van der Waals surface area (Å²) in [5.74, 6) is 0.419. The molecule has 5 heteroatoms. The Balaban J connectivity index is 2.21. The minimum Gasteiger partial charge on any atom is -0.488 e. The lowest BCUT2D eigenvalue weighted by molar-refractivity contribution is 0.300. The van der Waals surface area contributed by atoms with Crippen LogP contribution in [-0.4, -0.2) is 7.05 Å². The van der Waals surface area contributed by atoms with Crippen LogP contribution in [-0.2, 0) is 6.61 Å². The summed E-state index contributed by atoms with van der Waals surface area (Å²) in [6.07, 6.45) is 0. The standard InChI is InChI=1S/C16H16BrClFNO/c1-10(20-2)14-6-4-12(17)7-16(14)21-9-11-3-5-13(19)8-15(11)18/h3-8,10,20H,9H2,1-2H3. The number of nitrogens with one attached hydrogen (secondary N) is 1. The number of hydrogen-bond acceptors (Lipinski definition) is 2. The molecule has 2 nitrogen and oxygen atoms in total. The van der Waals surface area contributed by atoms with E-state index in [1.807, 2.05) is 25.2 Å². The van der Waals surface area contributed by atoms with Crippen molar-refractivity contribution in [2.75, 3.05) is 7.05 Å². The molecular formula is C16H16BrClFNO. The van der Waals surface area contributed by atoms with E-state index in [-0.39, 0.29) is 11.9 Å². The normalized spacial score (nSPS) is 12.2. The third-order valence-electron chi connectivity index (χ3n) is 3.27. The molecular weight excluding hydrogens is 357 g/mol. The molecule has 0 aliphatic heterocycles. The van der Waals surface area contributed by atoms with Crippen molar-refractivity contribution in [3.8, 4) is 5.75 Å². The van der Waals surface area contributed by atoms with Crippen LogP contribution in [0.25, 0.3) is 0 Å². The first-order valence-corrected chi connectivity index (χ1v) is 7.72. The molecule has 0 amide bonds. The molecule has 0 saturated heterocycles. The largest absolute Gasteiger partial charge is 0.488 e. The van der Waals surface area contributed by atoms with Gasteiger partial charge in [0.2, 0.25) is 0 Å². The van der Waals surface area contributed by atoms with Crippen LogP contribution in [0.4, 0.5) is 4.39 Å². The lowest BCUT2D eigenvalue weighted by Crippen LogP contribution is -2.13. The maximum atomic E-state index is 13.0. The van der Waals surface area contributed by atoms with Crippen LogP contribution in [0.5, 0.6) is 5.75 Å². The minimum absolute atomic E-state index is 0.164. The summed E-state index contributed by atoms with van der Waals surface area (Å²) in [5, 5.41) is 3.56. The zero-order valence-corrected chi connectivity index (χ0v) is 14.1. The third-order valence-corrected chi connectivity index (χ3v) is 4.12. The van der Waals surface area contributed by atoms with Crippen molar-refractivity contribution in [3.63, 3.8) is 0 Å². The topological polar surface area (TPSA) is 21.3 Å². The molecule has 2 aromatic rings. The zero-order chi connectivity index (χ0) is 15.4. The van der Waals surface area contributed by atoms with Gasteiger partial charge >= 0.3 is 0 Å². The second-order valence-electron chi connectivity index (χ2n) is 4.72. The molecule has 0 aliphatic rings. The second-order valence-corrected chi connectivity index (χ2v) is 6.04. The van der Waals surface area contributed by atoms with Crippen molar-refractivity contribution >= 4 is 27.5 Å². The van der Waals surface area contributed by atoms with Gasteiger partial charge in [-0.15, -0.1) is 0 Å². The SMILES string of the molecule is CNC(C)c1ccc(Br)cc1OCc1ccc(F)cc1Cl. The highest BCUT2D eigenvalue weighted by Gasteiger charge is 2.11. The van der Waals surface area contributed by atoms with E-state index in [1.54, 1.807) is 6.07 Å². The van der Waals surface area contributed by atoms with E-state index in [4.69, 9.17) is 16.3 Å². The van der Waals surface area contributed by atoms with Crippen molar-refractivity contribution in [2.45, 2.75) is 19.6 Å². The first-order chi connectivity index (χ1) is 10.0. The van der Waals surface area contributed by atoms with Gasteiger partial charge in [0.1, 0.15) is 18.2 Å². The van der Waals surface area contributed by atoms with Crippen molar-refractivity contribution < 1.29 is 9.13 Å². The molecule has 0 fully saturated rings. The summed E-state index contributed by atoms with van der Waals surface area (Å²) in [4.78, 5) is 0. The van der Waals surface area contributed by atoms with E-state index < -0.39 is 0 Å². The Hall–Kier alpha value is -1.10. The molecule has 0 bridgehead atoms. The van der Waals surface area contributed by atoms with Gasteiger partial charge in [-0.1, -0.05) is 39.7 Å². The predicted molar refractivity (Wildman–Crippen MR) is 87.4 cm³/mol. The van der Waals surface area contributed by atoms with Crippen LogP contribution in [0.15, 0.2) is 40.9 Å². The van der Waals surface area contributed by atoms with Crippen LogP contribution < -0.4 is 10.1 Å². The molecule has 2 aromatic carbocycles. The summed E-state index contributed by atoms with van der Waals surface area (Å²) in [6, 6.07) is 10.4. The molecule has 1 unspecified atom stereocenters. The molecule has 1 N–H and O–H groups in total. The molecule has 0 heterocycles. The zero-order valence-electron chi connectivity index (χ0n) is 11.8. The molecule has 2 rings (SSSR count). The van der Waals surface area contributed by atoms with Crippen LogP contribution in [0.3, 0.4) is 0 Å². The average Bonchev–Trinajstić information content (AvgIpc) is 2.45. The Morgan fingerprint density at radius 3 is 2.71 bits per heavy atom. The fourth-order valence-corrected chi connectivity index (χ4v) is 2.50. The number of halogens is 3. The fourth-order valence-electron chi connectivity index (χ4n) is 1.94. The summed E-state index contributed by atoms with van der Waals surface area (Å²) >= 11 is 9.46. The maximum absolute atomic E-state index is 13.0. The maximum Gasteiger partial charge on any atom is 0.125 e. The van der Waals surface area contributed by atoms with Crippen LogP contribution in [0.2, 0.25) is 5.02 Å². The quantitative estimate of drug-likeness (QED) is 0.788. The molecule has 0 aliphatic carbocycles. The summed E-state index contributed by atoms with van der Waals surface area (Å²) in [6.45, 7) is 2.35. The van der Waals surface area contributed by atoms with E-state index >= 15 is 0 Å². The van der Waals surface area contributed by atoms with Crippen molar-refractivity contribution in [1.29, 1.82) is 0 Å². The van der Waals surface area contributed by atoms with E-state index in [2.05, 4.69) is 28.2 Å². The molecule has 0 spiro atoms. The second kappa shape index (κ2) is 7.25. The first kappa shape index (κ1) is 16.3. The molecule has 1 atom stereocenters. The van der Waals surface area contributed by atoms with Gasteiger partial charge in [-0.25, -0.2) is 4.39 Å². The summed E-state index contributed by atoms with van der Waals surface area (Å²) in [7, 11) is 1.90. The van der Waals surface area contributed by atoms with Crippen LogP contribution in [0, 0.1) is 5.82 Å². The molecule has 0 radical (unpaired) electrons. The van der Waals surface area contributed by atoms with Gasteiger partial charge in [0.25, 0.3) is 0 Å². The summed E-state index contributed by atoms with van der Waals surface area (Å²) in [5.41, 5.74) is 1.81. The van der Waals surface area contributed by atoms with Gasteiger partial charge in [-0.2, -0.15) is 0 Å². The van der Waals surface area contributed by atoms with Gasteiger partial charge < -0.3 is 10.1 Å². The van der Waals surface area contributed by atoms with Crippen molar-refractivity contribution in [2.24, 2.45) is 0 Å². The van der Waals surface area contributed by atoms with Crippen LogP contribution >= 0.6 is 27.5 Å². The van der Waals surface area contributed by atoms with E-state index in [1.165, 1.54) is 12.1 Å². The fraction of sp³-hybridized carbons (Fsp3) is 0.250. The highest BCUT2D eigenvalue weighted by Crippen LogP contribution is 2.30. The molecule has 21 heavy (non-hydrogen) atoms. The van der Waals surface area contributed by atoms with Crippen molar-refractivity contribution in [1.82, 2.24) is 5.32 Å². The Kier molecular flexibility index (Phi) is 5.62. The van der Waals surface area contributed by atoms with Gasteiger partial charge in [-0.3, -0.25) is 0 Å². The molecule has 0 aromatic heterocycles. The Morgan fingerprint density at radius 2 is 2.05 bits per heavy atom. The van der Waals surface area contributed by atoms with E-state index in [9.17, 15) is 4.39 Å². The number of ether oxygens (including phenoxy) is 1. The van der Waals surface area contributed by atoms with Gasteiger partial charge in [0.15, 0.2) is 0 Å². The highest BCUT2D eigenvalue weighted by molar-refractivity contribution is 9.10. The smallest absolute Gasteiger partial charge is 0.125 e. The van der Waals surface area contributed by atoms with Crippen LogP contribution in [0.1, 0.15) is 24.1 Å². The molecule has 112 valence electrons. The number of benzene rings is 2. The lowest BCUT2D eigenvalue weighted by Gasteiger charge is -2.17. The Morgan fingerprint density at radius 1 is 1.29 bits per heavy atom. The van der Waals surface area contributed by atoms with Crippen molar-refractivity contribution in [3.05, 3.63) is 62.8 Å². The Labute approximate surface area is 137 Å². The Bertz CT molecular complexity index is 636. The van der Waals surface area contributed by atoms with Gasteiger partial charge in [0, 0.05) is 21.6 Å². The number of hydrogen-bond donors (Lipinski definition) is 1.